The molecule has 3 unspecified atom stereocenters. The second-order valence-corrected chi connectivity index (χ2v) is 10.1. The van der Waals surface area contributed by atoms with Crippen molar-refractivity contribution in [1.29, 1.82) is 0 Å². The quantitative estimate of drug-likeness (QED) is 0.603. The number of benzene rings is 1. The Morgan fingerprint density at radius 1 is 1.28 bits per heavy atom. The van der Waals surface area contributed by atoms with Gasteiger partial charge in [-0.05, 0) is 51.8 Å². The van der Waals surface area contributed by atoms with Crippen LogP contribution in [-0.4, -0.2) is 61.4 Å². The highest BCUT2D eigenvalue weighted by Gasteiger charge is 2.34. The summed E-state index contributed by atoms with van der Waals surface area (Å²) in [6, 6.07) is 4.61. The predicted octanol–water partition coefficient (Wildman–Crippen LogP) is 4.18. The Kier molecular flexibility index (Phi) is 8.52. The van der Waals surface area contributed by atoms with Gasteiger partial charge in [-0.25, -0.2) is 8.42 Å². The SMILES string of the molecule is CCCCN(C(=O)c1ccc(Cl)c(S(=O)(=O)N2CC(C)OC(C)C2)c1)C(C)CC. The number of amides is 1. The maximum absolute atomic E-state index is 13.3. The highest BCUT2D eigenvalue weighted by Crippen LogP contribution is 2.29. The number of hydrogen-bond acceptors (Lipinski definition) is 4. The second kappa shape index (κ2) is 10.2. The van der Waals surface area contributed by atoms with E-state index in [-0.39, 0.29) is 47.2 Å². The van der Waals surface area contributed by atoms with Crippen molar-refractivity contribution in [3.05, 3.63) is 28.8 Å². The molecule has 0 aliphatic carbocycles. The van der Waals surface area contributed by atoms with Crippen LogP contribution in [0, 0.1) is 0 Å². The van der Waals surface area contributed by atoms with E-state index in [0.717, 1.165) is 19.3 Å². The summed E-state index contributed by atoms with van der Waals surface area (Å²) >= 11 is 6.27. The molecule has 6 nitrogen and oxygen atoms in total. The van der Waals surface area contributed by atoms with Crippen LogP contribution in [0.25, 0.3) is 0 Å². The number of ether oxygens (including phenoxy) is 1. The van der Waals surface area contributed by atoms with Crippen molar-refractivity contribution in [3.8, 4) is 0 Å². The van der Waals surface area contributed by atoms with Gasteiger partial charge in [-0.3, -0.25) is 4.79 Å². The van der Waals surface area contributed by atoms with E-state index >= 15 is 0 Å². The van der Waals surface area contributed by atoms with Crippen LogP contribution in [0.15, 0.2) is 23.1 Å². The van der Waals surface area contributed by atoms with Crippen molar-refractivity contribution in [2.75, 3.05) is 19.6 Å². The second-order valence-electron chi connectivity index (χ2n) is 7.83. The molecule has 2 rings (SSSR count). The first kappa shape index (κ1) is 24.1. The van der Waals surface area contributed by atoms with E-state index in [1.165, 1.54) is 16.4 Å². The van der Waals surface area contributed by atoms with Gasteiger partial charge in [-0.2, -0.15) is 4.31 Å². The zero-order valence-electron chi connectivity index (χ0n) is 18.0. The van der Waals surface area contributed by atoms with E-state index in [1.54, 1.807) is 6.07 Å². The van der Waals surface area contributed by atoms with Gasteiger partial charge in [0.1, 0.15) is 4.90 Å². The lowest BCUT2D eigenvalue weighted by molar-refractivity contribution is -0.0440. The Morgan fingerprint density at radius 2 is 1.90 bits per heavy atom. The molecule has 3 atom stereocenters. The Bertz CT molecular complexity index is 805. The zero-order chi connectivity index (χ0) is 21.8. The molecule has 0 spiro atoms. The molecular weight excluding hydrogens is 412 g/mol. The van der Waals surface area contributed by atoms with E-state index < -0.39 is 10.0 Å². The average molecular weight is 445 g/mol. The molecule has 1 aliphatic heterocycles. The topological polar surface area (TPSA) is 66.9 Å². The van der Waals surface area contributed by atoms with Crippen LogP contribution in [0.3, 0.4) is 0 Å². The number of unbranched alkanes of at least 4 members (excludes halogenated alkanes) is 1. The summed E-state index contributed by atoms with van der Waals surface area (Å²) in [4.78, 5) is 15.0. The average Bonchev–Trinajstić information content (AvgIpc) is 2.67. The lowest BCUT2D eigenvalue weighted by Crippen LogP contribution is -2.48. The van der Waals surface area contributed by atoms with E-state index in [2.05, 4.69) is 6.92 Å². The van der Waals surface area contributed by atoms with Crippen molar-refractivity contribution in [1.82, 2.24) is 9.21 Å². The first-order valence-corrected chi connectivity index (χ1v) is 12.2. The molecule has 1 saturated heterocycles. The molecule has 0 aromatic heterocycles. The summed E-state index contributed by atoms with van der Waals surface area (Å²) in [7, 11) is -3.83. The van der Waals surface area contributed by atoms with Crippen LogP contribution in [0.5, 0.6) is 0 Å². The Balaban J connectivity index is 2.38. The molecular formula is C21H33ClN2O4S. The molecule has 0 bridgehead atoms. The monoisotopic (exact) mass is 444 g/mol. The first-order valence-electron chi connectivity index (χ1n) is 10.4. The third-order valence-electron chi connectivity index (χ3n) is 5.32. The molecule has 1 fully saturated rings. The number of nitrogens with zero attached hydrogens (tertiary/aromatic N) is 2. The number of halogens is 1. The number of hydrogen-bond donors (Lipinski definition) is 0. The summed E-state index contributed by atoms with van der Waals surface area (Å²) in [6.45, 7) is 11.0. The third kappa shape index (κ3) is 5.72. The molecule has 1 aromatic rings. The Labute approximate surface area is 180 Å². The number of carbonyl (C=O) groups excluding carboxylic acids is 1. The molecule has 0 N–H and O–H groups in total. The number of rotatable bonds is 8. The fourth-order valence-corrected chi connectivity index (χ4v) is 5.63. The lowest BCUT2D eigenvalue weighted by Gasteiger charge is -2.34. The van der Waals surface area contributed by atoms with Gasteiger partial charge in [-0.15, -0.1) is 0 Å². The summed E-state index contributed by atoms with van der Waals surface area (Å²) in [5.74, 6) is -0.162. The minimum Gasteiger partial charge on any atom is -0.373 e. The van der Waals surface area contributed by atoms with E-state index in [0.29, 0.717) is 12.1 Å². The molecule has 1 heterocycles. The van der Waals surface area contributed by atoms with Crippen LogP contribution in [0.4, 0.5) is 0 Å². The Morgan fingerprint density at radius 3 is 2.45 bits per heavy atom. The minimum absolute atomic E-state index is 0.0223. The molecule has 0 saturated carbocycles. The third-order valence-corrected chi connectivity index (χ3v) is 7.63. The largest absolute Gasteiger partial charge is 0.373 e. The van der Waals surface area contributed by atoms with E-state index in [1.807, 2.05) is 32.6 Å². The first-order chi connectivity index (χ1) is 13.6. The highest BCUT2D eigenvalue weighted by atomic mass is 35.5. The van der Waals surface area contributed by atoms with Gasteiger partial charge in [0.15, 0.2) is 0 Å². The van der Waals surface area contributed by atoms with E-state index in [9.17, 15) is 13.2 Å². The van der Waals surface area contributed by atoms with Gasteiger partial charge >= 0.3 is 0 Å². The minimum atomic E-state index is -3.83. The standard InChI is InChI=1S/C21H33ClN2O4S/c1-6-8-11-24(15(3)7-2)21(25)18-9-10-19(22)20(12-18)29(26,27)23-13-16(4)28-17(5)14-23/h9-10,12,15-17H,6-8,11,13-14H2,1-5H3. The fraction of sp³-hybridized carbons (Fsp3) is 0.667. The molecule has 0 radical (unpaired) electrons. The normalized spacial score (nSPS) is 21.7. The lowest BCUT2D eigenvalue weighted by atomic mass is 10.1. The van der Waals surface area contributed by atoms with Crippen LogP contribution in [0.2, 0.25) is 5.02 Å². The fourth-order valence-electron chi connectivity index (χ4n) is 3.54. The van der Waals surface area contributed by atoms with Crippen LogP contribution >= 0.6 is 11.6 Å². The Hall–Kier alpha value is -1.15. The molecule has 164 valence electrons. The maximum atomic E-state index is 13.3. The molecule has 1 aromatic carbocycles. The van der Waals surface area contributed by atoms with Gasteiger partial charge in [0.05, 0.1) is 17.2 Å². The van der Waals surface area contributed by atoms with Crippen molar-refractivity contribution < 1.29 is 17.9 Å². The van der Waals surface area contributed by atoms with Gasteiger partial charge in [0.25, 0.3) is 5.91 Å². The van der Waals surface area contributed by atoms with Crippen LogP contribution < -0.4 is 0 Å². The van der Waals surface area contributed by atoms with Crippen molar-refractivity contribution in [2.45, 2.75) is 77.0 Å². The van der Waals surface area contributed by atoms with Gasteiger partial charge in [0.2, 0.25) is 10.0 Å². The number of sulfonamides is 1. The summed E-state index contributed by atoms with van der Waals surface area (Å²) in [5, 5.41) is 0.122. The smallest absolute Gasteiger partial charge is 0.254 e. The van der Waals surface area contributed by atoms with Gasteiger partial charge < -0.3 is 9.64 Å². The molecule has 1 aliphatic rings. The summed E-state index contributed by atoms with van der Waals surface area (Å²) in [5.41, 5.74) is 0.346. The van der Waals surface area contributed by atoms with Crippen molar-refractivity contribution in [3.63, 3.8) is 0 Å². The van der Waals surface area contributed by atoms with Gasteiger partial charge in [0, 0.05) is 31.2 Å². The van der Waals surface area contributed by atoms with E-state index in [4.69, 9.17) is 16.3 Å². The summed E-state index contributed by atoms with van der Waals surface area (Å²) < 4.78 is 33.6. The van der Waals surface area contributed by atoms with Crippen molar-refractivity contribution in [2.24, 2.45) is 0 Å². The predicted molar refractivity (Wildman–Crippen MR) is 116 cm³/mol. The van der Waals surface area contributed by atoms with Crippen LogP contribution in [-0.2, 0) is 14.8 Å². The molecule has 8 heteroatoms. The van der Waals surface area contributed by atoms with Gasteiger partial charge in [-0.1, -0.05) is 31.9 Å². The van der Waals surface area contributed by atoms with Crippen molar-refractivity contribution >= 4 is 27.5 Å². The number of carbonyl (C=O) groups is 1. The summed E-state index contributed by atoms with van der Waals surface area (Å²) in [6.07, 6.45) is 2.31. The van der Waals surface area contributed by atoms with Crippen LogP contribution in [0.1, 0.15) is 64.2 Å². The maximum Gasteiger partial charge on any atom is 0.254 e. The molecule has 29 heavy (non-hydrogen) atoms. The molecule has 1 amide bonds. The zero-order valence-corrected chi connectivity index (χ0v) is 19.6. The highest BCUT2D eigenvalue weighted by molar-refractivity contribution is 7.89. The number of morpholine rings is 1.